The first kappa shape index (κ1) is 7.48. The molecule has 1 aromatic rings. The highest BCUT2D eigenvalue weighted by Crippen LogP contribution is 2.08. The minimum absolute atomic E-state index is 0.180. The summed E-state index contributed by atoms with van der Waals surface area (Å²) in [7, 11) is 0. The second-order valence-corrected chi connectivity index (χ2v) is 2.32. The van der Waals surface area contributed by atoms with Crippen molar-refractivity contribution in [2.45, 2.75) is 12.8 Å². The molecule has 0 aliphatic rings. The number of aryl methyl sites for hydroxylation is 1. The maximum atomic E-state index is 12.7. The maximum absolute atomic E-state index is 12.7. The normalized spacial score (nSPS) is 9.90. The van der Waals surface area contributed by atoms with Gasteiger partial charge in [-0.05, 0) is 13.0 Å². The number of hydrogen-bond donors (Lipinski definition) is 0. The van der Waals surface area contributed by atoms with Crippen LogP contribution in [0.25, 0.3) is 0 Å². The van der Waals surface area contributed by atoms with Gasteiger partial charge >= 0.3 is 0 Å². The second-order valence-electron chi connectivity index (χ2n) is 2.05. The third-order valence-corrected chi connectivity index (χ3v) is 1.50. The lowest BCUT2D eigenvalue weighted by molar-refractivity contribution is 0.612. The Morgan fingerprint density at radius 2 is 2.40 bits per heavy atom. The van der Waals surface area contributed by atoms with Crippen LogP contribution >= 0.6 is 11.6 Å². The Bertz CT molecular complexity index is 237. The lowest BCUT2D eigenvalue weighted by Crippen LogP contribution is -1.89. The Morgan fingerprint density at radius 3 is 2.90 bits per heavy atom. The van der Waals surface area contributed by atoms with Crippen LogP contribution in [-0.2, 0) is 5.88 Å². The highest BCUT2D eigenvalue weighted by atomic mass is 35.5. The van der Waals surface area contributed by atoms with Crippen LogP contribution in [0.3, 0.4) is 0 Å². The van der Waals surface area contributed by atoms with E-state index in [1.165, 1.54) is 12.3 Å². The Morgan fingerprint density at radius 1 is 1.70 bits per heavy atom. The second kappa shape index (κ2) is 2.97. The van der Waals surface area contributed by atoms with Crippen molar-refractivity contribution in [3.05, 3.63) is 29.3 Å². The summed E-state index contributed by atoms with van der Waals surface area (Å²) in [4.78, 5) is 3.89. The molecule has 0 radical (unpaired) electrons. The van der Waals surface area contributed by atoms with Crippen LogP contribution < -0.4 is 0 Å². The van der Waals surface area contributed by atoms with Gasteiger partial charge in [0, 0.05) is 17.5 Å². The van der Waals surface area contributed by atoms with E-state index in [1.807, 2.05) is 0 Å². The summed E-state index contributed by atoms with van der Waals surface area (Å²) >= 11 is 5.40. The summed E-state index contributed by atoms with van der Waals surface area (Å²) in [6.07, 6.45) is 1.46. The first-order chi connectivity index (χ1) is 4.74. The molecule has 0 bridgehead atoms. The van der Waals surface area contributed by atoms with Crippen molar-refractivity contribution in [2.75, 3.05) is 0 Å². The zero-order chi connectivity index (χ0) is 7.56. The summed E-state index contributed by atoms with van der Waals surface area (Å²) in [5.74, 6) is -0.0958. The number of aromatic nitrogens is 1. The maximum Gasteiger partial charge on any atom is 0.130 e. The molecule has 0 spiro atoms. The van der Waals surface area contributed by atoms with Crippen molar-refractivity contribution in [1.29, 1.82) is 0 Å². The van der Waals surface area contributed by atoms with Crippen LogP contribution in [0.2, 0.25) is 0 Å². The monoisotopic (exact) mass is 159 g/mol. The van der Waals surface area contributed by atoms with E-state index in [4.69, 9.17) is 11.6 Å². The van der Waals surface area contributed by atoms with Crippen LogP contribution in [-0.4, -0.2) is 4.98 Å². The van der Waals surface area contributed by atoms with E-state index in [9.17, 15) is 4.39 Å². The number of halogens is 2. The van der Waals surface area contributed by atoms with E-state index in [0.717, 1.165) is 0 Å². The third-order valence-electron chi connectivity index (χ3n) is 1.21. The molecule has 1 nitrogen and oxygen atoms in total. The molecule has 0 amide bonds. The zero-order valence-corrected chi connectivity index (χ0v) is 6.32. The van der Waals surface area contributed by atoms with Gasteiger partial charge in [-0.15, -0.1) is 11.6 Å². The van der Waals surface area contributed by atoms with E-state index in [-0.39, 0.29) is 11.7 Å². The molecule has 10 heavy (non-hydrogen) atoms. The molecule has 1 heterocycles. The van der Waals surface area contributed by atoms with Crippen LogP contribution in [0.4, 0.5) is 4.39 Å². The van der Waals surface area contributed by atoms with Crippen LogP contribution in [0.15, 0.2) is 12.3 Å². The van der Waals surface area contributed by atoms with Crippen molar-refractivity contribution >= 4 is 11.6 Å². The number of pyridine rings is 1. The molecule has 54 valence electrons. The Hall–Kier alpha value is -0.630. The summed E-state index contributed by atoms with van der Waals surface area (Å²) < 4.78 is 12.7. The summed E-state index contributed by atoms with van der Waals surface area (Å²) in [5, 5.41) is 0. The van der Waals surface area contributed by atoms with Gasteiger partial charge in [0.25, 0.3) is 0 Å². The minimum atomic E-state index is -0.275. The highest BCUT2D eigenvalue weighted by Gasteiger charge is 1.99. The molecule has 0 aliphatic carbocycles. The number of alkyl halides is 1. The van der Waals surface area contributed by atoms with E-state index in [0.29, 0.717) is 11.3 Å². The minimum Gasteiger partial charge on any atom is -0.261 e. The van der Waals surface area contributed by atoms with E-state index >= 15 is 0 Å². The molecule has 3 heteroatoms. The number of hydrogen-bond acceptors (Lipinski definition) is 1. The molecule has 0 fully saturated rings. The molecular weight excluding hydrogens is 153 g/mol. The largest absolute Gasteiger partial charge is 0.261 e. The van der Waals surface area contributed by atoms with Gasteiger partial charge < -0.3 is 0 Å². The van der Waals surface area contributed by atoms with E-state index in [2.05, 4.69) is 4.98 Å². The molecule has 0 N–H and O–H groups in total. The molecule has 1 rings (SSSR count). The van der Waals surface area contributed by atoms with Gasteiger partial charge in [0.05, 0.1) is 5.88 Å². The van der Waals surface area contributed by atoms with Crippen LogP contribution in [0, 0.1) is 12.7 Å². The van der Waals surface area contributed by atoms with E-state index in [1.54, 1.807) is 6.92 Å². The molecule has 0 atom stereocenters. The molecule has 0 saturated carbocycles. The first-order valence-electron chi connectivity index (χ1n) is 2.91. The Balaban J connectivity index is 3.07. The fourth-order valence-electron chi connectivity index (χ4n) is 0.653. The van der Waals surface area contributed by atoms with Crippen molar-refractivity contribution in [3.63, 3.8) is 0 Å². The number of rotatable bonds is 1. The Kier molecular flexibility index (Phi) is 2.22. The molecule has 0 aliphatic heterocycles. The average molecular weight is 160 g/mol. The number of nitrogens with zero attached hydrogens (tertiary/aromatic N) is 1. The SMILES string of the molecule is Cc1cc(F)c(CCl)cn1. The lowest BCUT2D eigenvalue weighted by atomic mass is 10.3. The average Bonchev–Trinajstić information content (AvgIpc) is 1.88. The predicted octanol–water partition coefficient (Wildman–Crippen LogP) is 2.27. The fourth-order valence-corrected chi connectivity index (χ4v) is 0.850. The van der Waals surface area contributed by atoms with Gasteiger partial charge in [-0.25, -0.2) is 4.39 Å². The lowest BCUT2D eigenvalue weighted by Gasteiger charge is -1.96. The standard InChI is InChI=1S/C7H7ClFN/c1-5-2-7(9)6(3-8)4-10-5/h2,4H,3H2,1H3. The van der Waals surface area contributed by atoms with Crippen LogP contribution in [0.5, 0.6) is 0 Å². The van der Waals surface area contributed by atoms with Crippen molar-refractivity contribution in [1.82, 2.24) is 4.98 Å². The molecule has 0 unspecified atom stereocenters. The van der Waals surface area contributed by atoms with Crippen molar-refractivity contribution in [2.24, 2.45) is 0 Å². The first-order valence-corrected chi connectivity index (χ1v) is 3.44. The quantitative estimate of drug-likeness (QED) is 0.573. The zero-order valence-electron chi connectivity index (χ0n) is 5.56. The smallest absolute Gasteiger partial charge is 0.130 e. The summed E-state index contributed by atoms with van der Waals surface area (Å²) in [6.45, 7) is 1.74. The van der Waals surface area contributed by atoms with Crippen molar-refractivity contribution < 1.29 is 4.39 Å². The Labute approximate surface area is 63.8 Å². The van der Waals surface area contributed by atoms with E-state index < -0.39 is 0 Å². The van der Waals surface area contributed by atoms with Gasteiger partial charge in [0.2, 0.25) is 0 Å². The topological polar surface area (TPSA) is 12.9 Å². The summed E-state index contributed by atoms with van der Waals surface area (Å²) in [5.41, 5.74) is 1.12. The molecular formula is C7H7ClFN. The van der Waals surface area contributed by atoms with Crippen LogP contribution in [0.1, 0.15) is 11.3 Å². The van der Waals surface area contributed by atoms with Gasteiger partial charge in [-0.3, -0.25) is 4.98 Å². The van der Waals surface area contributed by atoms with Gasteiger partial charge in [-0.1, -0.05) is 0 Å². The summed E-state index contributed by atoms with van der Waals surface area (Å²) in [6, 6.07) is 1.37. The highest BCUT2D eigenvalue weighted by molar-refractivity contribution is 6.17. The molecule has 0 aromatic carbocycles. The molecule has 0 saturated heterocycles. The van der Waals surface area contributed by atoms with Gasteiger partial charge in [-0.2, -0.15) is 0 Å². The molecule has 1 aromatic heterocycles. The van der Waals surface area contributed by atoms with Gasteiger partial charge in [0.1, 0.15) is 5.82 Å². The predicted molar refractivity (Wildman–Crippen MR) is 38.5 cm³/mol. The van der Waals surface area contributed by atoms with Gasteiger partial charge in [0.15, 0.2) is 0 Å². The van der Waals surface area contributed by atoms with Crippen molar-refractivity contribution in [3.8, 4) is 0 Å². The third kappa shape index (κ3) is 1.45. The fraction of sp³-hybridized carbons (Fsp3) is 0.286.